The predicted molar refractivity (Wildman–Crippen MR) is 85.1 cm³/mol. The van der Waals surface area contributed by atoms with E-state index < -0.39 is 0 Å². The lowest BCUT2D eigenvalue weighted by Gasteiger charge is -2.17. The minimum absolute atomic E-state index is 0.00849. The van der Waals surface area contributed by atoms with Crippen LogP contribution in [0.5, 0.6) is 0 Å². The van der Waals surface area contributed by atoms with Crippen LogP contribution < -0.4 is 5.32 Å². The molecule has 0 aliphatic rings. The van der Waals surface area contributed by atoms with E-state index in [0.29, 0.717) is 13.1 Å². The summed E-state index contributed by atoms with van der Waals surface area (Å²) in [5.41, 5.74) is 4.03. The largest absolute Gasteiger partial charge is 0.324 e. The Bertz CT molecular complexity index is 590. The summed E-state index contributed by atoms with van der Waals surface area (Å²) in [6.45, 7) is 4.99. The van der Waals surface area contributed by atoms with E-state index in [2.05, 4.69) is 10.3 Å². The van der Waals surface area contributed by atoms with Crippen LogP contribution >= 0.6 is 0 Å². The molecule has 4 heteroatoms. The maximum Gasteiger partial charge on any atom is 0.238 e. The standard InChI is InChI=1S/C17H21N3O/c1-13-7-6-8-14(2)17(13)19-16(21)12-20(3)11-15-9-4-5-10-18-15/h4-10H,11-12H2,1-3H3,(H,19,21). The lowest BCUT2D eigenvalue weighted by atomic mass is 10.1. The topological polar surface area (TPSA) is 45.2 Å². The molecular weight excluding hydrogens is 262 g/mol. The summed E-state index contributed by atoms with van der Waals surface area (Å²) in [4.78, 5) is 18.4. The van der Waals surface area contributed by atoms with Crippen LogP contribution in [0.1, 0.15) is 16.8 Å². The van der Waals surface area contributed by atoms with E-state index in [1.165, 1.54) is 0 Å². The zero-order valence-electron chi connectivity index (χ0n) is 12.8. The molecule has 21 heavy (non-hydrogen) atoms. The van der Waals surface area contributed by atoms with Gasteiger partial charge >= 0.3 is 0 Å². The third-order valence-electron chi connectivity index (χ3n) is 3.32. The molecule has 1 N–H and O–H groups in total. The van der Waals surface area contributed by atoms with Gasteiger partial charge in [0.15, 0.2) is 0 Å². The number of benzene rings is 1. The van der Waals surface area contributed by atoms with Crippen LogP contribution in [-0.2, 0) is 11.3 Å². The fourth-order valence-corrected chi connectivity index (χ4v) is 2.26. The highest BCUT2D eigenvalue weighted by Gasteiger charge is 2.10. The van der Waals surface area contributed by atoms with Crippen molar-refractivity contribution in [1.29, 1.82) is 0 Å². The number of aryl methyl sites for hydroxylation is 2. The summed E-state index contributed by atoms with van der Waals surface area (Å²) in [6, 6.07) is 11.8. The lowest BCUT2D eigenvalue weighted by molar-refractivity contribution is -0.117. The highest BCUT2D eigenvalue weighted by atomic mass is 16.2. The second kappa shape index (κ2) is 6.99. The van der Waals surface area contributed by atoms with E-state index in [1.807, 2.05) is 62.2 Å². The number of nitrogens with one attached hydrogen (secondary N) is 1. The van der Waals surface area contributed by atoms with E-state index in [4.69, 9.17) is 0 Å². The summed E-state index contributed by atoms with van der Waals surface area (Å²) in [6.07, 6.45) is 1.76. The fourth-order valence-electron chi connectivity index (χ4n) is 2.26. The van der Waals surface area contributed by atoms with Crippen LogP contribution in [-0.4, -0.2) is 29.4 Å². The molecular formula is C17H21N3O. The van der Waals surface area contributed by atoms with Crippen molar-refractivity contribution >= 4 is 11.6 Å². The molecule has 0 bridgehead atoms. The number of rotatable bonds is 5. The third kappa shape index (κ3) is 4.39. The Morgan fingerprint density at radius 1 is 1.14 bits per heavy atom. The van der Waals surface area contributed by atoms with Gasteiger partial charge in [0.25, 0.3) is 0 Å². The number of aromatic nitrogens is 1. The highest BCUT2D eigenvalue weighted by Crippen LogP contribution is 2.19. The van der Waals surface area contributed by atoms with E-state index in [0.717, 1.165) is 22.5 Å². The number of pyridine rings is 1. The van der Waals surface area contributed by atoms with Crippen molar-refractivity contribution in [2.45, 2.75) is 20.4 Å². The second-order valence-corrected chi connectivity index (χ2v) is 5.31. The Morgan fingerprint density at radius 2 is 1.86 bits per heavy atom. The van der Waals surface area contributed by atoms with E-state index in [-0.39, 0.29) is 5.91 Å². The maximum atomic E-state index is 12.1. The van der Waals surface area contributed by atoms with Gasteiger partial charge < -0.3 is 5.32 Å². The van der Waals surface area contributed by atoms with Crippen molar-refractivity contribution < 1.29 is 4.79 Å². The average Bonchev–Trinajstić information content (AvgIpc) is 2.44. The molecule has 2 aromatic rings. The molecule has 0 aliphatic heterocycles. The van der Waals surface area contributed by atoms with Gasteiger partial charge in [0, 0.05) is 18.4 Å². The Balaban J connectivity index is 1.92. The summed E-state index contributed by atoms with van der Waals surface area (Å²) >= 11 is 0. The molecule has 1 aromatic carbocycles. The summed E-state index contributed by atoms with van der Waals surface area (Å²) < 4.78 is 0. The van der Waals surface area contributed by atoms with Gasteiger partial charge in [-0.3, -0.25) is 14.7 Å². The Morgan fingerprint density at radius 3 is 2.48 bits per heavy atom. The molecule has 0 atom stereocenters. The number of para-hydroxylation sites is 1. The zero-order valence-corrected chi connectivity index (χ0v) is 12.8. The van der Waals surface area contributed by atoms with Gasteiger partial charge in [0.1, 0.15) is 0 Å². The van der Waals surface area contributed by atoms with Crippen LogP contribution in [0.3, 0.4) is 0 Å². The molecule has 1 aromatic heterocycles. The Kier molecular flexibility index (Phi) is 5.06. The maximum absolute atomic E-state index is 12.1. The second-order valence-electron chi connectivity index (χ2n) is 5.31. The average molecular weight is 283 g/mol. The van der Waals surface area contributed by atoms with Crippen LogP contribution in [0.25, 0.3) is 0 Å². The monoisotopic (exact) mass is 283 g/mol. The number of hydrogen-bond acceptors (Lipinski definition) is 3. The van der Waals surface area contributed by atoms with Crippen molar-refractivity contribution in [3.8, 4) is 0 Å². The molecule has 0 saturated heterocycles. The third-order valence-corrected chi connectivity index (χ3v) is 3.32. The van der Waals surface area contributed by atoms with Gasteiger partial charge in [0.05, 0.1) is 12.2 Å². The van der Waals surface area contributed by atoms with Crippen molar-refractivity contribution in [3.63, 3.8) is 0 Å². The minimum atomic E-state index is -0.00849. The van der Waals surface area contributed by atoms with Crippen LogP contribution in [0, 0.1) is 13.8 Å². The lowest BCUT2D eigenvalue weighted by Crippen LogP contribution is -2.30. The molecule has 1 amide bonds. The normalized spacial score (nSPS) is 10.7. The van der Waals surface area contributed by atoms with Gasteiger partial charge in [-0.15, -0.1) is 0 Å². The molecule has 1 heterocycles. The van der Waals surface area contributed by atoms with Crippen molar-refractivity contribution in [2.75, 3.05) is 18.9 Å². The van der Waals surface area contributed by atoms with Crippen molar-refractivity contribution in [2.24, 2.45) is 0 Å². The molecule has 0 spiro atoms. The molecule has 110 valence electrons. The van der Waals surface area contributed by atoms with Crippen molar-refractivity contribution in [1.82, 2.24) is 9.88 Å². The van der Waals surface area contributed by atoms with Crippen LogP contribution in [0.2, 0.25) is 0 Å². The van der Waals surface area contributed by atoms with Gasteiger partial charge in [-0.2, -0.15) is 0 Å². The first-order chi connectivity index (χ1) is 10.1. The number of hydrogen-bond donors (Lipinski definition) is 1. The quantitative estimate of drug-likeness (QED) is 0.917. The highest BCUT2D eigenvalue weighted by molar-refractivity contribution is 5.93. The molecule has 0 aliphatic carbocycles. The van der Waals surface area contributed by atoms with Gasteiger partial charge in [-0.05, 0) is 44.2 Å². The first kappa shape index (κ1) is 15.2. The summed E-state index contributed by atoms with van der Waals surface area (Å²) in [5, 5.41) is 2.99. The minimum Gasteiger partial charge on any atom is -0.324 e. The number of amides is 1. The first-order valence-electron chi connectivity index (χ1n) is 7.01. The van der Waals surface area contributed by atoms with Gasteiger partial charge in [-0.1, -0.05) is 24.3 Å². The van der Waals surface area contributed by atoms with Crippen molar-refractivity contribution in [3.05, 3.63) is 59.4 Å². The molecule has 0 fully saturated rings. The zero-order chi connectivity index (χ0) is 15.2. The Hall–Kier alpha value is -2.20. The molecule has 0 radical (unpaired) electrons. The fraction of sp³-hybridized carbons (Fsp3) is 0.294. The van der Waals surface area contributed by atoms with Crippen LogP contribution in [0.15, 0.2) is 42.6 Å². The summed E-state index contributed by atoms with van der Waals surface area (Å²) in [7, 11) is 1.92. The summed E-state index contributed by atoms with van der Waals surface area (Å²) in [5.74, 6) is -0.00849. The SMILES string of the molecule is Cc1cccc(C)c1NC(=O)CN(C)Cc1ccccn1. The first-order valence-corrected chi connectivity index (χ1v) is 7.01. The van der Waals surface area contributed by atoms with E-state index >= 15 is 0 Å². The number of carbonyl (C=O) groups excluding carboxylic acids is 1. The van der Waals surface area contributed by atoms with E-state index in [9.17, 15) is 4.79 Å². The molecule has 0 saturated carbocycles. The number of likely N-dealkylation sites (N-methyl/N-ethyl adjacent to an activating group) is 1. The van der Waals surface area contributed by atoms with Gasteiger partial charge in [0.2, 0.25) is 5.91 Å². The molecule has 2 rings (SSSR count). The predicted octanol–water partition coefficient (Wildman–Crippen LogP) is 2.77. The number of carbonyl (C=O) groups is 1. The number of anilines is 1. The van der Waals surface area contributed by atoms with Gasteiger partial charge in [-0.25, -0.2) is 0 Å². The smallest absolute Gasteiger partial charge is 0.238 e. The Labute approximate surface area is 125 Å². The van der Waals surface area contributed by atoms with E-state index in [1.54, 1.807) is 6.20 Å². The number of nitrogens with zero attached hydrogens (tertiary/aromatic N) is 2. The molecule has 4 nitrogen and oxygen atoms in total. The molecule has 0 unspecified atom stereocenters. The van der Waals surface area contributed by atoms with Crippen LogP contribution in [0.4, 0.5) is 5.69 Å².